The number of allylic oxidation sites excluding steroid dienone is 8. The first-order valence-electron chi connectivity index (χ1n) is 10.4. The van der Waals surface area contributed by atoms with E-state index in [0.717, 1.165) is 12.8 Å². The quantitative estimate of drug-likeness (QED) is 0.266. The Labute approximate surface area is 170 Å². The number of hydrogen-bond donors (Lipinski definition) is 0. The molecule has 0 bridgehead atoms. The molecular weight excluding hydrogens is 542 g/mol. The Bertz CT molecular complexity index is 628. The van der Waals surface area contributed by atoms with Gasteiger partial charge in [-0.1, -0.05) is 0 Å². The maximum absolute atomic E-state index is 7.94. The Morgan fingerprint density at radius 2 is 1.19 bits per heavy atom. The molecule has 0 N–H and O–H groups in total. The van der Waals surface area contributed by atoms with E-state index in [-0.39, 0.29) is 0 Å². The van der Waals surface area contributed by atoms with Crippen LogP contribution in [-0.4, -0.2) is 5.98 Å². The van der Waals surface area contributed by atoms with Crippen molar-refractivity contribution in [3.8, 4) is 0 Å². The van der Waals surface area contributed by atoms with E-state index in [0.29, 0.717) is 19.2 Å². The van der Waals surface area contributed by atoms with Crippen molar-refractivity contribution in [2.24, 2.45) is 11.8 Å². The molecule has 0 radical (unpaired) electrons. The van der Waals surface area contributed by atoms with Gasteiger partial charge in [-0.15, -0.1) is 0 Å². The molecule has 0 fully saturated rings. The second kappa shape index (κ2) is 8.17. The summed E-state index contributed by atoms with van der Waals surface area (Å²) in [6, 6.07) is 0. The third-order valence-electron chi connectivity index (χ3n) is 6.63. The van der Waals surface area contributed by atoms with E-state index in [4.69, 9.17) is 17.2 Å². The molecule has 2 unspecified atom stereocenters. The fourth-order valence-electron chi connectivity index (χ4n) is 4.68. The fraction of sp³-hybridized carbons (Fsp3) is 0.636. The van der Waals surface area contributed by atoms with Crippen LogP contribution < -0.4 is 0 Å². The van der Waals surface area contributed by atoms with Gasteiger partial charge in [0, 0.05) is 0 Å². The number of hydrogen-bond acceptors (Lipinski definition) is 0. The molecule has 0 nitrogen and oxygen atoms in total. The normalized spacial score (nSPS) is 25.3. The van der Waals surface area contributed by atoms with Crippen molar-refractivity contribution in [2.45, 2.75) is 74.8 Å². The molecule has 147 valence electrons. The zero-order valence-corrected chi connectivity index (χ0v) is 24.1. The monoisotopic (exact) mass is 579 g/mol. The first kappa shape index (κ1) is 22.9. The van der Waals surface area contributed by atoms with Crippen LogP contribution in [-0.2, 0) is 15.3 Å². The molecular formula is C22H37Cl2HfSi. The second-order valence-corrected chi connectivity index (χ2v) is 68.7. The van der Waals surface area contributed by atoms with Crippen LogP contribution in [0.5, 0.6) is 0 Å². The van der Waals surface area contributed by atoms with Gasteiger partial charge in [-0.3, -0.25) is 0 Å². The van der Waals surface area contributed by atoms with Gasteiger partial charge in [-0.25, -0.2) is 0 Å². The first-order valence-corrected chi connectivity index (χ1v) is 32.5. The summed E-state index contributed by atoms with van der Waals surface area (Å²) in [5.74, 6) is -0.272. The molecule has 0 aromatic carbocycles. The summed E-state index contributed by atoms with van der Waals surface area (Å²) in [6.45, 7) is 18.5. The Morgan fingerprint density at radius 1 is 0.846 bits per heavy atom. The standard InChI is InChI=1S/2C10H15.C2H7Si.2ClH.Hf/c2*1-4-9-5-6-10(7-9)8(2)3;1-3-2;;;/h2*5-8H,4H2,1-3H3;3H,1-2H3;2*1H;/q;;;;;+2/p-2. The number of rotatable bonds is 7. The van der Waals surface area contributed by atoms with E-state index in [2.05, 4.69) is 78.9 Å². The van der Waals surface area contributed by atoms with E-state index in [9.17, 15) is 0 Å². The van der Waals surface area contributed by atoms with Gasteiger partial charge >= 0.3 is 172 Å². The Balaban J connectivity index is 2.69. The maximum atomic E-state index is 7.94. The van der Waals surface area contributed by atoms with Crippen molar-refractivity contribution >= 4 is 23.1 Å². The Hall–Kier alpha value is 0.627. The van der Waals surface area contributed by atoms with Crippen LogP contribution in [0.25, 0.3) is 0 Å². The molecule has 0 aromatic rings. The summed E-state index contributed by atoms with van der Waals surface area (Å²) >= 11 is -4.32. The fourth-order valence-corrected chi connectivity index (χ4v) is 45.3. The second-order valence-electron chi connectivity index (χ2n) is 9.12. The van der Waals surface area contributed by atoms with E-state index < -0.39 is 21.3 Å². The summed E-state index contributed by atoms with van der Waals surface area (Å²) in [4.78, 5) is 0. The van der Waals surface area contributed by atoms with Gasteiger partial charge in [0.2, 0.25) is 0 Å². The molecule has 0 spiro atoms. The van der Waals surface area contributed by atoms with Gasteiger partial charge in [0.15, 0.2) is 0 Å². The summed E-state index contributed by atoms with van der Waals surface area (Å²) in [6.07, 6.45) is 11.9. The predicted molar refractivity (Wildman–Crippen MR) is 121 cm³/mol. The Kier molecular flexibility index (Phi) is 7.20. The van der Waals surface area contributed by atoms with Gasteiger partial charge in [-0.2, -0.15) is 0 Å². The van der Waals surface area contributed by atoms with Crippen molar-refractivity contribution in [1.82, 2.24) is 0 Å². The summed E-state index contributed by atoms with van der Waals surface area (Å²) in [7, 11) is 15.9. The third kappa shape index (κ3) is 3.74. The van der Waals surface area contributed by atoms with E-state index >= 15 is 0 Å². The van der Waals surface area contributed by atoms with Gasteiger partial charge in [-0.05, 0) is 0 Å². The predicted octanol–water partition coefficient (Wildman–Crippen LogP) is 8.41. The molecule has 0 saturated heterocycles. The van der Waals surface area contributed by atoms with Crippen LogP contribution in [0.15, 0.2) is 46.6 Å². The molecule has 2 aliphatic rings. The molecule has 26 heavy (non-hydrogen) atoms. The summed E-state index contributed by atoms with van der Waals surface area (Å²) in [5.41, 5.74) is 5.88. The topological polar surface area (TPSA) is 0 Å². The van der Waals surface area contributed by atoms with Crippen LogP contribution in [0, 0.1) is 11.8 Å². The van der Waals surface area contributed by atoms with Crippen LogP contribution in [0.3, 0.4) is 0 Å². The summed E-state index contributed by atoms with van der Waals surface area (Å²) < 4.78 is 0.633. The molecule has 0 saturated carbocycles. The van der Waals surface area contributed by atoms with Gasteiger partial charge < -0.3 is 0 Å². The van der Waals surface area contributed by atoms with E-state index in [1.165, 1.54) is 22.3 Å². The molecule has 0 amide bonds. The zero-order valence-electron chi connectivity index (χ0n) is 17.9. The average Bonchev–Trinajstić information content (AvgIpc) is 3.20. The van der Waals surface area contributed by atoms with Crippen molar-refractivity contribution in [1.29, 1.82) is 0 Å². The molecule has 4 heteroatoms. The molecule has 2 aliphatic carbocycles. The number of halogens is 2. The van der Waals surface area contributed by atoms with Crippen LogP contribution >= 0.6 is 17.2 Å². The molecule has 2 rings (SSSR count). The average molecular weight is 579 g/mol. The SMILES string of the molecule is CCC1=C[CH]([Hf]([Cl])([Cl])([CH]2C=C(CC)C=C2C(C)C)[SiH](C)C)C(C(C)C)=C1. The molecule has 0 heterocycles. The van der Waals surface area contributed by atoms with Crippen molar-refractivity contribution in [3.63, 3.8) is 0 Å². The third-order valence-corrected chi connectivity index (χ3v) is 79.8. The Morgan fingerprint density at radius 3 is 1.42 bits per heavy atom. The first-order chi connectivity index (χ1) is 12.0. The molecule has 0 aliphatic heterocycles. The minimum atomic E-state index is -4.32. The van der Waals surface area contributed by atoms with Crippen molar-refractivity contribution in [2.75, 3.05) is 0 Å². The van der Waals surface area contributed by atoms with E-state index in [1.54, 1.807) is 0 Å². The summed E-state index contributed by atoms with van der Waals surface area (Å²) in [5, 5.41) is 0. The molecule has 0 aromatic heterocycles. The van der Waals surface area contributed by atoms with Gasteiger partial charge in [0.05, 0.1) is 0 Å². The van der Waals surface area contributed by atoms with Crippen LogP contribution in [0.4, 0.5) is 0 Å². The van der Waals surface area contributed by atoms with Gasteiger partial charge in [0.1, 0.15) is 0 Å². The van der Waals surface area contributed by atoms with E-state index in [1.807, 2.05) is 0 Å². The van der Waals surface area contributed by atoms with Gasteiger partial charge in [0.25, 0.3) is 0 Å². The van der Waals surface area contributed by atoms with Crippen molar-refractivity contribution < 1.29 is 15.3 Å². The van der Waals surface area contributed by atoms with Crippen molar-refractivity contribution in [3.05, 3.63) is 46.6 Å². The van der Waals surface area contributed by atoms with Crippen LogP contribution in [0.1, 0.15) is 54.4 Å². The minimum absolute atomic E-state index is 0.316. The zero-order chi connectivity index (χ0) is 19.9. The van der Waals surface area contributed by atoms with Crippen LogP contribution in [0.2, 0.25) is 20.4 Å². The molecule has 2 atom stereocenters.